The molecule has 0 unspecified atom stereocenters. The molecule has 0 aromatic heterocycles. The zero-order chi connectivity index (χ0) is 18.5. The number of halogens is 1. The van der Waals surface area contributed by atoms with Gasteiger partial charge in [-0.2, -0.15) is 0 Å². The fraction of sp³-hybridized carbons (Fsp3) is 0.333. The number of carbonyl (C=O) groups excluding carboxylic acids is 2. The lowest BCUT2D eigenvalue weighted by Crippen LogP contribution is -2.35. The molecule has 0 radical (unpaired) electrons. The minimum absolute atomic E-state index is 0.0425. The van der Waals surface area contributed by atoms with Gasteiger partial charge in [-0.15, -0.1) is 0 Å². The highest BCUT2D eigenvalue weighted by Gasteiger charge is 2.63. The van der Waals surface area contributed by atoms with Gasteiger partial charge in [0.1, 0.15) is 17.6 Å². The second kappa shape index (κ2) is 6.27. The smallest absolute Gasteiger partial charge is 0.310 e. The summed E-state index contributed by atoms with van der Waals surface area (Å²) >= 11 is 5.87. The van der Waals surface area contributed by atoms with Gasteiger partial charge < -0.3 is 14.8 Å². The number of ether oxygens (including phenoxy) is 2. The van der Waals surface area contributed by atoms with Crippen molar-refractivity contribution in [2.75, 3.05) is 5.32 Å². The Morgan fingerprint density at radius 3 is 2.41 bits per heavy atom. The van der Waals surface area contributed by atoms with E-state index in [0.29, 0.717) is 22.2 Å². The molecule has 1 N–H and O–H groups in total. The van der Waals surface area contributed by atoms with Crippen LogP contribution in [-0.2, 0) is 14.3 Å². The van der Waals surface area contributed by atoms with Crippen LogP contribution in [-0.4, -0.2) is 18.0 Å². The van der Waals surface area contributed by atoms with Crippen molar-refractivity contribution < 1.29 is 19.1 Å². The van der Waals surface area contributed by atoms with Crippen LogP contribution < -0.4 is 10.1 Å². The Morgan fingerprint density at radius 1 is 1.04 bits per heavy atom. The van der Waals surface area contributed by atoms with Gasteiger partial charge in [0.25, 0.3) is 0 Å². The maximum atomic E-state index is 12.8. The highest BCUT2D eigenvalue weighted by atomic mass is 35.5. The predicted octanol–water partition coefficient (Wildman–Crippen LogP) is 4.27. The molecular weight excluding hydrogens is 366 g/mol. The molecule has 5 rings (SSSR count). The van der Waals surface area contributed by atoms with Crippen LogP contribution in [0.25, 0.3) is 0 Å². The largest absolute Gasteiger partial charge is 0.462 e. The summed E-state index contributed by atoms with van der Waals surface area (Å²) in [6.07, 6.45) is 1.78. The summed E-state index contributed by atoms with van der Waals surface area (Å²) in [4.78, 5) is 24.9. The lowest BCUT2D eigenvalue weighted by molar-refractivity contribution is -0.145. The molecule has 2 aliphatic carbocycles. The monoisotopic (exact) mass is 383 g/mol. The molecule has 1 amide bonds. The van der Waals surface area contributed by atoms with E-state index in [-0.39, 0.29) is 41.7 Å². The Labute approximate surface area is 161 Å². The fourth-order valence-electron chi connectivity index (χ4n) is 4.83. The first-order valence-corrected chi connectivity index (χ1v) is 9.51. The Morgan fingerprint density at radius 2 is 1.70 bits per heavy atom. The van der Waals surface area contributed by atoms with Gasteiger partial charge in [-0.1, -0.05) is 11.6 Å². The molecule has 27 heavy (non-hydrogen) atoms. The summed E-state index contributed by atoms with van der Waals surface area (Å²) < 4.78 is 11.2. The Kier molecular flexibility index (Phi) is 3.86. The quantitative estimate of drug-likeness (QED) is 0.801. The lowest BCUT2D eigenvalue weighted by Gasteiger charge is -2.23. The van der Waals surface area contributed by atoms with Crippen LogP contribution >= 0.6 is 11.6 Å². The van der Waals surface area contributed by atoms with Gasteiger partial charge in [-0.25, -0.2) is 0 Å². The first-order chi connectivity index (χ1) is 13.1. The van der Waals surface area contributed by atoms with Crippen molar-refractivity contribution in [1.29, 1.82) is 0 Å². The second-order valence-electron chi connectivity index (χ2n) is 7.49. The van der Waals surface area contributed by atoms with Gasteiger partial charge in [0.2, 0.25) is 5.91 Å². The molecule has 2 aromatic rings. The molecule has 3 fully saturated rings. The van der Waals surface area contributed by atoms with Crippen molar-refractivity contribution in [3.05, 3.63) is 53.6 Å². The van der Waals surface area contributed by atoms with E-state index in [1.54, 1.807) is 48.5 Å². The van der Waals surface area contributed by atoms with E-state index in [0.717, 1.165) is 12.8 Å². The highest BCUT2D eigenvalue weighted by Crippen LogP contribution is 2.57. The van der Waals surface area contributed by atoms with Gasteiger partial charge >= 0.3 is 5.97 Å². The van der Waals surface area contributed by atoms with E-state index in [1.165, 1.54) is 0 Å². The zero-order valence-corrected chi connectivity index (χ0v) is 15.2. The molecule has 2 bridgehead atoms. The summed E-state index contributed by atoms with van der Waals surface area (Å²) in [5, 5.41) is 3.60. The summed E-state index contributed by atoms with van der Waals surface area (Å²) in [5.74, 6) is 1.02. The van der Waals surface area contributed by atoms with Gasteiger partial charge in [0.15, 0.2) is 0 Å². The summed E-state index contributed by atoms with van der Waals surface area (Å²) in [6.45, 7) is 0. The number of nitrogens with one attached hydrogen (secondary N) is 1. The van der Waals surface area contributed by atoms with E-state index in [4.69, 9.17) is 21.1 Å². The van der Waals surface area contributed by atoms with Gasteiger partial charge in [-0.3, -0.25) is 9.59 Å². The van der Waals surface area contributed by atoms with E-state index in [2.05, 4.69) is 5.32 Å². The molecule has 5 nitrogen and oxygen atoms in total. The number of amides is 1. The topological polar surface area (TPSA) is 64.6 Å². The standard InChI is InChI=1S/C21H18ClNO4/c22-12-1-5-14(6-2-12)26-15-7-3-13(4-8-15)23-20(24)18-11-9-16-17(10-11)27-21(25)19(16)18/h1-8,11,16-19H,9-10H2,(H,23,24)/t11-,16+,17-,18-,19-/m1/s1. The molecule has 2 aromatic carbocycles. The number of fused-ring (bicyclic) bond motifs is 1. The molecular formula is C21H18ClNO4. The second-order valence-corrected chi connectivity index (χ2v) is 7.93. The Hall–Kier alpha value is -2.53. The third kappa shape index (κ3) is 2.86. The lowest BCUT2D eigenvalue weighted by atomic mass is 9.79. The van der Waals surface area contributed by atoms with Crippen molar-refractivity contribution in [1.82, 2.24) is 0 Å². The number of hydrogen-bond donors (Lipinski definition) is 1. The van der Waals surface area contributed by atoms with Crippen molar-refractivity contribution in [3.8, 4) is 11.5 Å². The predicted molar refractivity (Wildman–Crippen MR) is 99.7 cm³/mol. The van der Waals surface area contributed by atoms with Crippen molar-refractivity contribution in [2.45, 2.75) is 18.9 Å². The number of esters is 1. The molecule has 5 atom stereocenters. The fourth-order valence-corrected chi connectivity index (χ4v) is 4.96. The minimum atomic E-state index is -0.272. The number of carbonyl (C=O) groups is 2. The van der Waals surface area contributed by atoms with Gasteiger partial charge in [0, 0.05) is 16.6 Å². The third-order valence-corrected chi connectivity index (χ3v) is 6.21. The first-order valence-electron chi connectivity index (χ1n) is 9.13. The number of hydrogen-bond acceptors (Lipinski definition) is 4. The molecule has 138 valence electrons. The van der Waals surface area contributed by atoms with Crippen LogP contribution in [0, 0.1) is 23.7 Å². The Balaban J connectivity index is 1.25. The van der Waals surface area contributed by atoms with Gasteiger partial charge in [-0.05, 0) is 67.3 Å². The van der Waals surface area contributed by atoms with Crippen LogP contribution in [0.3, 0.4) is 0 Å². The van der Waals surface area contributed by atoms with E-state index in [1.807, 2.05) is 0 Å². The highest BCUT2D eigenvalue weighted by molar-refractivity contribution is 6.30. The van der Waals surface area contributed by atoms with Crippen molar-refractivity contribution in [2.24, 2.45) is 23.7 Å². The zero-order valence-electron chi connectivity index (χ0n) is 14.4. The third-order valence-electron chi connectivity index (χ3n) is 5.96. The average molecular weight is 384 g/mol. The molecule has 1 saturated heterocycles. The average Bonchev–Trinajstić information content (AvgIpc) is 3.27. The Bertz CT molecular complexity index is 893. The van der Waals surface area contributed by atoms with Crippen LogP contribution in [0.15, 0.2) is 48.5 Å². The van der Waals surface area contributed by atoms with E-state index >= 15 is 0 Å². The molecule has 3 aliphatic rings. The summed E-state index contributed by atoms with van der Waals surface area (Å²) in [6, 6.07) is 14.3. The SMILES string of the molecule is O=C(Nc1ccc(Oc2ccc(Cl)cc2)cc1)[C@@H]1[C@@H]2C[C@@H]3[C@H]1C(=O)O[C@@H]3C2. The van der Waals surface area contributed by atoms with Crippen LogP contribution in [0.2, 0.25) is 5.02 Å². The molecule has 6 heteroatoms. The molecule has 0 spiro atoms. The maximum absolute atomic E-state index is 12.8. The molecule has 1 heterocycles. The summed E-state index contributed by atoms with van der Waals surface area (Å²) in [5.41, 5.74) is 0.689. The number of anilines is 1. The van der Waals surface area contributed by atoms with E-state index < -0.39 is 0 Å². The maximum Gasteiger partial charge on any atom is 0.310 e. The molecule has 2 saturated carbocycles. The van der Waals surface area contributed by atoms with Crippen molar-refractivity contribution >= 4 is 29.2 Å². The van der Waals surface area contributed by atoms with E-state index in [9.17, 15) is 9.59 Å². The number of benzene rings is 2. The van der Waals surface area contributed by atoms with Crippen molar-refractivity contribution in [3.63, 3.8) is 0 Å². The van der Waals surface area contributed by atoms with Crippen LogP contribution in [0.4, 0.5) is 5.69 Å². The molecule has 1 aliphatic heterocycles. The minimum Gasteiger partial charge on any atom is -0.462 e. The van der Waals surface area contributed by atoms with Crippen LogP contribution in [0.1, 0.15) is 12.8 Å². The van der Waals surface area contributed by atoms with Crippen LogP contribution in [0.5, 0.6) is 11.5 Å². The normalized spacial score (nSPS) is 30.3. The summed E-state index contributed by atoms with van der Waals surface area (Å²) in [7, 11) is 0. The number of rotatable bonds is 4. The first kappa shape index (κ1) is 16.6. The van der Waals surface area contributed by atoms with Gasteiger partial charge in [0.05, 0.1) is 11.8 Å².